The summed E-state index contributed by atoms with van der Waals surface area (Å²) >= 11 is 1.51. The molecule has 1 unspecified atom stereocenters. The van der Waals surface area contributed by atoms with Crippen LogP contribution in [0.2, 0.25) is 0 Å². The van der Waals surface area contributed by atoms with E-state index in [1.165, 1.54) is 24.6 Å². The molecule has 1 aromatic rings. The van der Waals surface area contributed by atoms with Gasteiger partial charge in [-0.2, -0.15) is 0 Å². The first kappa shape index (κ1) is 22.2. The van der Waals surface area contributed by atoms with Gasteiger partial charge in [0.15, 0.2) is 0 Å². The topological polar surface area (TPSA) is 61.8 Å². The fraction of sp³-hybridized carbons (Fsp3) is 0.375. The second-order valence-corrected chi connectivity index (χ2v) is 8.70. The zero-order valence-corrected chi connectivity index (χ0v) is 18.5. The lowest BCUT2D eigenvalue weighted by Gasteiger charge is -2.20. The molecule has 2 amide bonds. The first-order chi connectivity index (χ1) is 14.6. The Morgan fingerprint density at radius 3 is 2.73 bits per heavy atom. The number of nitrogens with zero attached hydrogens (tertiary/aromatic N) is 2. The van der Waals surface area contributed by atoms with Crippen molar-refractivity contribution in [1.82, 2.24) is 10.2 Å². The maximum Gasteiger partial charge on any atom is 0.283 e. The molecule has 1 atom stereocenters. The van der Waals surface area contributed by atoms with Crippen LogP contribution < -0.4 is 5.32 Å². The number of nitrogens with one attached hydrogen (secondary N) is 1. The molecule has 0 saturated carbocycles. The second-order valence-electron chi connectivity index (χ2n) is 7.52. The minimum atomic E-state index is -0.211. The number of rotatable bonds is 9. The number of amides is 2. The van der Waals surface area contributed by atoms with Gasteiger partial charge in [0.1, 0.15) is 0 Å². The van der Waals surface area contributed by atoms with Gasteiger partial charge in [0.2, 0.25) is 0 Å². The highest BCUT2D eigenvalue weighted by Crippen LogP contribution is 2.32. The number of fused-ring (bicyclic) bond motifs is 1. The highest BCUT2D eigenvalue weighted by molar-refractivity contribution is 8.05. The van der Waals surface area contributed by atoms with Crippen LogP contribution in [-0.2, 0) is 4.79 Å². The monoisotopic (exact) mass is 423 g/mol. The Balaban J connectivity index is 1.51. The third-order valence-electron chi connectivity index (χ3n) is 5.02. The third-order valence-corrected chi connectivity index (χ3v) is 6.22. The fourth-order valence-corrected chi connectivity index (χ4v) is 4.29. The van der Waals surface area contributed by atoms with Gasteiger partial charge in [0.05, 0.1) is 15.9 Å². The molecule has 1 aliphatic carbocycles. The standard InChI is InChI=1S/C24H29N3O2S/c1-3-4-15-27(2)16-7-14-25-23(28)19-12-10-18(11-13-19)17-22-24(29)26-20-8-5-6-9-21(20)30-22/h5-6,8-13,17,21H,3-4,7,14-16H2,1-2H3,(H,25,28)/b22-17+. The van der Waals surface area contributed by atoms with Crippen LogP contribution in [0.25, 0.3) is 6.08 Å². The van der Waals surface area contributed by atoms with Crippen molar-refractivity contribution in [1.29, 1.82) is 0 Å². The average molecular weight is 424 g/mol. The van der Waals surface area contributed by atoms with Gasteiger partial charge in [0.25, 0.3) is 11.8 Å². The van der Waals surface area contributed by atoms with Gasteiger partial charge in [-0.05, 0) is 62.8 Å². The lowest BCUT2D eigenvalue weighted by atomic mass is 10.1. The van der Waals surface area contributed by atoms with Gasteiger partial charge in [-0.3, -0.25) is 9.59 Å². The maximum atomic E-state index is 12.3. The largest absolute Gasteiger partial charge is 0.352 e. The Labute approximate surface area is 183 Å². The number of hydrogen-bond donors (Lipinski definition) is 1. The first-order valence-corrected chi connectivity index (χ1v) is 11.4. The Morgan fingerprint density at radius 2 is 1.97 bits per heavy atom. The molecule has 0 aromatic heterocycles. The van der Waals surface area contributed by atoms with Gasteiger partial charge in [-0.25, -0.2) is 4.99 Å². The lowest BCUT2D eigenvalue weighted by Crippen LogP contribution is -2.28. The van der Waals surface area contributed by atoms with E-state index in [0.29, 0.717) is 17.0 Å². The Kier molecular flexibility index (Phi) is 8.22. The normalized spacial score (nSPS) is 19.2. The van der Waals surface area contributed by atoms with E-state index in [2.05, 4.69) is 29.2 Å². The summed E-state index contributed by atoms with van der Waals surface area (Å²) in [6, 6.07) is 7.32. The Hall–Kier alpha value is -2.44. The van der Waals surface area contributed by atoms with Gasteiger partial charge in [-0.1, -0.05) is 43.7 Å². The molecule has 30 heavy (non-hydrogen) atoms. The molecular formula is C24H29N3O2S. The summed E-state index contributed by atoms with van der Waals surface area (Å²) in [5.41, 5.74) is 2.31. The molecule has 0 radical (unpaired) electrons. The van der Waals surface area contributed by atoms with Gasteiger partial charge in [-0.15, -0.1) is 11.8 Å². The molecule has 1 aliphatic heterocycles. The molecular weight excluding hydrogens is 394 g/mol. The number of carbonyl (C=O) groups is 2. The molecule has 3 rings (SSSR count). The Morgan fingerprint density at radius 1 is 1.20 bits per heavy atom. The van der Waals surface area contributed by atoms with Crippen molar-refractivity contribution < 1.29 is 9.59 Å². The predicted octanol–water partition coefficient (Wildman–Crippen LogP) is 4.09. The molecule has 0 saturated heterocycles. The van der Waals surface area contributed by atoms with Crippen molar-refractivity contribution in [2.75, 3.05) is 26.7 Å². The van der Waals surface area contributed by atoms with Crippen molar-refractivity contribution in [3.63, 3.8) is 0 Å². The van der Waals surface area contributed by atoms with Crippen LogP contribution in [0.15, 0.2) is 58.5 Å². The lowest BCUT2D eigenvalue weighted by molar-refractivity contribution is -0.113. The minimum absolute atomic E-state index is 0.0677. The highest BCUT2D eigenvalue weighted by atomic mass is 32.2. The number of thioether (sulfide) groups is 1. The summed E-state index contributed by atoms with van der Waals surface area (Å²) < 4.78 is 0. The summed E-state index contributed by atoms with van der Waals surface area (Å²) in [5, 5.41) is 3.07. The van der Waals surface area contributed by atoms with Crippen LogP contribution in [0, 0.1) is 0 Å². The summed E-state index contributed by atoms with van der Waals surface area (Å²) in [7, 11) is 2.12. The second kappa shape index (κ2) is 11.1. The number of unbranched alkanes of at least 4 members (excludes halogenated alkanes) is 1. The van der Waals surface area contributed by atoms with E-state index in [-0.39, 0.29) is 17.1 Å². The van der Waals surface area contributed by atoms with Gasteiger partial charge >= 0.3 is 0 Å². The molecule has 2 aliphatic rings. The van der Waals surface area contributed by atoms with Gasteiger partial charge < -0.3 is 10.2 Å². The maximum absolute atomic E-state index is 12.3. The Bertz CT molecular complexity index is 884. The molecule has 0 spiro atoms. The van der Waals surface area contributed by atoms with E-state index in [1.54, 1.807) is 12.1 Å². The molecule has 1 aromatic carbocycles. The van der Waals surface area contributed by atoms with Crippen molar-refractivity contribution in [3.8, 4) is 0 Å². The highest BCUT2D eigenvalue weighted by Gasteiger charge is 2.25. The quantitative estimate of drug-likeness (QED) is 0.480. The van der Waals surface area contributed by atoms with Crippen molar-refractivity contribution in [3.05, 3.63) is 64.6 Å². The number of carbonyl (C=O) groups excluding carboxylic acids is 2. The summed E-state index contributed by atoms with van der Waals surface area (Å²) in [6.45, 7) is 4.93. The first-order valence-electron chi connectivity index (χ1n) is 10.5. The number of aliphatic imine (C=N–C) groups is 1. The summed E-state index contributed by atoms with van der Waals surface area (Å²) in [4.78, 5) is 31.7. The summed E-state index contributed by atoms with van der Waals surface area (Å²) in [5.74, 6) is -0.279. The van der Waals surface area contributed by atoms with Crippen LogP contribution >= 0.6 is 11.8 Å². The number of allylic oxidation sites excluding steroid dienone is 3. The van der Waals surface area contributed by atoms with Crippen LogP contribution in [0.3, 0.4) is 0 Å². The number of benzene rings is 1. The zero-order chi connectivity index (χ0) is 21.3. The van der Waals surface area contributed by atoms with Crippen LogP contribution in [0.5, 0.6) is 0 Å². The van der Waals surface area contributed by atoms with E-state index in [1.807, 2.05) is 42.5 Å². The van der Waals surface area contributed by atoms with Crippen LogP contribution in [0.1, 0.15) is 42.1 Å². The molecule has 1 N–H and O–H groups in total. The van der Waals surface area contributed by atoms with E-state index in [0.717, 1.165) is 30.8 Å². The van der Waals surface area contributed by atoms with Crippen LogP contribution in [-0.4, -0.2) is 54.4 Å². The third kappa shape index (κ3) is 6.28. The van der Waals surface area contributed by atoms with Crippen molar-refractivity contribution >= 4 is 35.4 Å². The molecule has 5 nitrogen and oxygen atoms in total. The molecule has 0 fully saturated rings. The average Bonchev–Trinajstić information content (AvgIpc) is 2.76. The SMILES string of the molecule is CCCCN(C)CCCNC(=O)c1ccc(/C=C2/SC3C=CC=CC3=NC2=O)cc1. The van der Waals surface area contributed by atoms with Gasteiger partial charge in [0, 0.05) is 12.1 Å². The van der Waals surface area contributed by atoms with Crippen molar-refractivity contribution in [2.45, 2.75) is 31.4 Å². The fourth-order valence-electron chi connectivity index (χ4n) is 3.24. The van der Waals surface area contributed by atoms with E-state index < -0.39 is 0 Å². The molecule has 1 heterocycles. The van der Waals surface area contributed by atoms with E-state index in [4.69, 9.17) is 0 Å². The smallest absolute Gasteiger partial charge is 0.283 e. The molecule has 6 heteroatoms. The summed E-state index contributed by atoms with van der Waals surface area (Å²) in [6.07, 6.45) is 13.0. The van der Waals surface area contributed by atoms with E-state index in [9.17, 15) is 9.59 Å². The minimum Gasteiger partial charge on any atom is -0.352 e. The zero-order valence-electron chi connectivity index (χ0n) is 17.6. The van der Waals surface area contributed by atoms with E-state index >= 15 is 0 Å². The molecule has 0 bridgehead atoms. The molecule has 158 valence electrons. The number of hydrogen-bond acceptors (Lipinski definition) is 4. The predicted molar refractivity (Wildman–Crippen MR) is 126 cm³/mol. The van der Waals surface area contributed by atoms with Crippen LogP contribution in [0.4, 0.5) is 0 Å². The van der Waals surface area contributed by atoms with Crippen molar-refractivity contribution in [2.24, 2.45) is 4.99 Å².